The van der Waals surface area contributed by atoms with E-state index >= 15 is 0 Å². The molecule has 1 saturated heterocycles. The van der Waals surface area contributed by atoms with Gasteiger partial charge in [0.15, 0.2) is 18.1 Å². The van der Waals surface area contributed by atoms with Gasteiger partial charge in [-0.2, -0.15) is 0 Å². The second-order valence-corrected chi connectivity index (χ2v) is 14.5. The van der Waals surface area contributed by atoms with Crippen LogP contribution in [0, 0.1) is 0 Å². The minimum atomic E-state index is -1.14. The second-order valence-electron chi connectivity index (χ2n) is 14.5. The van der Waals surface area contributed by atoms with E-state index in [1.165, 1.54) is 53.9 Å². The van der Waals surface area contributed by atoms with Crippen molar-refractivity contribution < 1.29 is 52.7 Å². The highest BCUT2D eigenvalue weighted by atomic mass is 16.5. The van der Waals surface area contributed by atoms with Gasteiger partial charge in [-0.1, -0.05) is 41.6 Å². The Hall–Kier alpha value is -7.37. The van der Waals surface area contributed by atoms with Crippen molar-refractivity contribution in [2.24, 2.45) is 0 Å². The van der Waals surface area contributed by atoms with Crippen molar-refractivity contribution in [1.29, 1.82) is 0 Å². The highest BCUT2D eigenvalue weighted by Gasteiger charge is 2.46. The first-order chi connectivity index (χ1) is 28.9. The molecule has 0 spiro atoms. The first kappa shape index (κ1) is 40.8. The Morgan fingerprint density at radius 2 is 1.73 bits per heavy atom. The van der Waals surface area contributed by atoms with Gasteiger partial charge in [-0.05, 0) is 61.1 Å². The number of rotatable bonds is 15. The van der Waals surface area contributed by atoms with Gasteiger partial charge in [-0.3, -0.25) is 48.6 Å². The number of ether oxygens (including phenoxy) is 1. The molecule has 5 N–H and O–H groups in total. The molecule has 8 amide bonds. The third kappa shape index (κ3) is 8.71. The highest BCUT2D eigenvalue weighted by Crippen LogP contribution is 2.34. The molecular formula is C42H41N7O11. The van der Waals surface area contributed by atoms with Gasteiger partial charge in [0, 0.05) is 51.2 Å². The van der Waals surface area contributed by atoms with Gasteiger partial charge in [-0.15, -0.1) is 0 Å². The van der Waals surface area contributed by atoms with Crippen molar-refractivity contribution in [2.75, 3.05) is 33.3 Å². The molecule has 4 aromatic rings. The predicted octanol–water partition coefficient (Wildman–Crippen LogP) is 2.03. The van der Waals surface area contributed by atoms with Gasteiger partial charge >= 0.3 is 0 Å². The number of phenols is 1. The van der Waals surface area contributed by atoms with Crippen LogP contribution in [0.4, 0.5) is 0 Å². The molecule has 60 heavy (non-hydrogen) atoms. The first-order valence-electron chi connectivity index (χ1n) is 19.3. The number of phenolic OH excluding ortho intramolecular Hbond substituents is 1. The van der Waals surface area contributed by atoms with Crippen LogP contribution in [0.25, 0.3) is 11.3 Å². The third-order valence-electron chi connectivity index (χ3n) is 10.5. The SMILES string of the molecule is CN(CCNC(=O)CCCNC(=O)COc1cccc2c1C(=O)N(C1CCC(=O)NC1=O)C2=O)C(=O)c1ccc(-c2cc(C(=O)N[C@@H]3CCc4ccccc43)no2)cc1O. The number of imide groups is 2. The van der Waals surface area contributed by atoms with E-state index in [4.69, 9.17) is 9.26 Å². The maximum Gasteiger partial charge on any atom is 0.273 e. The number of fused-ring (bicyclic) bond motifs is 2. The molecule has 7 rings (SSSR count). The summed E-state index contributed by atoms with van der Waals surface area (Å²) in [4.78, 5) is 103. The molecule has 3 aliphatic rings. The van der Waals surface area contributed by atoms with E-state index in [0.29, 0.717) is 5.56 Å². The standard InChI is InChI=1S/C42H41N7O11/c1-48(40(56)26-13-11-24(20-31(26)50)33-21-29(47-60-33)38(54)45-28-14-12-23-6-2-3-7-25(23)28)19-18-44-34(51)10-5-17-43-36(53)22-59-32-9-4-8-27-37(32)42(58)49(41(27)57)30-15-16-35(52)46-39(30)55/h2-4,6-9,11,13,20-21,28,30,50H,5,10,12,14-19,22H2,1H3,(H,43,53)(H,44,51)(H,45,54)(H,46,52,55)/t28-,30?/m1/s1. The molecule has 1 aliphatic carbocycles. The topological polar surface area (TPSA) is 247 Å². The monoisotopic (exact) mass is 819 g/mol. The molecule has 3 heterocycles. The fourth-order valence-corrected chi connectivity index (χ4v) is 7.36. The van der Waals surface area contributed by atoms with Gasteiger partial charge in [-0.25, -0.2) is 0 Å². The number of benzene rings is 3. The lowest BCUT2D eigenvalue weighted by Crippen LogP contribution is -2.54. The number of carbonyl (C=O) groups excluding carboxylic acids is 8. The zero-order chi connectivity index (χ0) is 42.5. The second kappa shape index (κ2) is 17.6. The van der Waals surface area contributed by atoms with Crippen LogP contribution in [-0.4, -0.2) is 107 Å². The minimum Gasteiger partial charge on any atom is -0.507 e. The molecule has 0 radical (unpaired) electrons. The van der Waals surface area contributed by atoms with Crippen molar-refractivity contribution in [1.82, 2.24) is 36.2 Å². The molecule has 1 aromatic heterocycles. The van der Waals surface area contributed by atoms with Gasteiger partial charge in [0.05, 0.1) is 22.7 Å². The number of hydrogen-bond acceptors (Lipinski definition) is 12. The Morgan fingerprint density at radius 1 is 0.933 bits per heavy atom. The minimum absolute atomic E-state index is 0.000230. The fourth-order valence-electron chi connectivity index (χ4n) is 7.36. The third-order valence-corrected chi connectivity index (χ3v) is 10.5. The van der Waals surface area contributed by atoms with Crippen LogP contribution in [0.15, 0.2) is 71.3 Å². The average Bonchev–Trinajstić information content (AvgIpc) is 3.96. The molecule has 2 atom stereocenters. The van der Waals surface area contributed by atoms with Gasteiger partial charge in [0.1, 0.15) is 17.5 Å². The van der Waals surface area contributed by atoms with Crippen LogP contribution in [0.5, 0.6) is 11.5 Å². The Bertz CT molecular complexity index is 2410. The van der Waals surface area contributed by atoms with Crippen molar-refractivity contribution in [3.63, 3.8) is 0 Å². The smallest absolute Gasteiger partial charge is 0.273 e. The van der Waals surface area contributed by atoms with E-state index in [-0.39, 0.29) is 103 Å². The summed E-state index contributed by atoms with van der Waals surface area (Å²) in [5.74, 6) is -4.51. The molecule has 0 bridgehead atoms. The Balaban J connectivity index is 0.803. The highest BCUT2D eigenvalue weighted by molar-refractivity contribution is 6.24. The van der Waals surface area contributed by atoms with Crippen molar-refractivity contribution in [3.8, 4) is 22.8 Å². The number of aryl methyl sites for hydroxylation is 1. The molecule has 0 saturated carbocycles. The average molecular weight is 820 g/mol. The number of likely N-dealkylation sites (N-methyl/N-ethyl adjacent to an activating group) is 1. The van der Waals surface area contributed by atoms with Crippen LogP contribution < -0.4 is 26.0 Å². The summed E-state index contributed by atoms with van der Waals surface area (Å²) in [5.41, 5.74) is 2.74. The summed E-state index contributed by atoms with van der Waals surface area (Å²) in [7, 11) is 1.52. The van der Waals surface area contributed by atoms with E-state index in [1.807, 2.05) is 24.3 Å². The fraction of sp³-hybridized carbons (Fsp3) is 0.310. The number of piperidine rings is 1. The molecule has 310 valence electrons. The van der Waals surface area contributed by atoms with Crippen LogP contribution in [0.1, 0.15) is 90.8 Å². The van der Waals surface area contributed by atoms with Crippen molar-refractivity contribution in [3.05, 3.63) is 100 Å². The van der Waals surface area contributed by atoms with E-state index < -0.39 is 48.1 Å². The molecule has 18 heteroatoms. The molecule has 3 aromatic carbocycles. The molecule has 1 fully saturated rings. The lowest BCUT2D eigenvalue weighted by Gasteiger charge is -2.27. The number of aromatic nitrogens is 1. The Kier molecular flexibility index (Phi) is 12.0. The normalized spacial score (nSPS) is 16.8. The summed E-state index contributed by atoms with van der Waals surface area (Å²) >= 11 is 0. The number of nitrogens with one attached hydrogen (secondary N) is 4. The summed E-state index contributed by atoms with van der Waals surface area (Å²) in [5, 5.41) is 25.1. The summed E-state index contributed by atoms with van der Waals surface area (Å²) in [6.07, 6.45) is 1.99. The zero-order valence-electron chi connectivity index (χ0n) is 32.4. The lowest BCUT2D eigenvalue weighted by molar-refractivity contribution is -0.136. The molecule has 2 aliphatic heterocycles. The lowest BCUT2D eigenvalue weighted by atomic mass is 10.0. The maximum atomic E-state index is 13.2. The first-order valence-corrected chi connectivity index (χ1v) is 19.3. The molecule has 1 unspecified atom stereocenters. The quantitative estimate of drug-likeness (QED) is 0.0855. The summed E-state index contributed by atoms with van der Waals surface area (Å²) in [6.45, 7) is -0.0974. The summed E-state index contributed by atoms with van der Waals surface area (Å²) < 4.78 is 11.0. The maximum absolute atomic E-state index is 13.2. The van der Waals surface area contributed by atoms with Crippen LogP contribution in [-0.2, 0) is 25.6 Å². The zero-order valence-corrected chi connectivity index (χ0v) is 32.4. The number of hydrogen-bond donors (Lipinski definition) is 5. The largest absolute Gasteiger partial charge is 0.507 e. The number of nitrogens with zero attached hydrogens (tertiary/aromatic N) is 3. The predicted molar refractivity (Wildman–Crippen MR) is 209 cm³/mol. The molecule has 18 nitrogen and oxygen atoms in total. The van der Waals surface area contributed by atoms with E-state index in [1.54, 1.807) is 6.07 Å². The van der Waals surface area contributed by atoms with Gasteiger partial charge in [0.25, 0.3) is 29.5 Å². The van der Waals surface area contributed by atoms with Gasteiger partial charge < -0.3 is 35.2 Å². The van der Waals surface area contributed by atoms with Crippen molar-refractivity contribution in [2.45, 2.75) is 50.6 Å². The van der Waals surface area contributed by atoms with E-state index in [0.717, 1.165) is 23.3 Å². The number of carbonyl (C=O) groups is 8. The van der Waals surface area contributed by atoms with Crippen LogP contribution in [0.3, 0.4) is 0 Å². The molecular weight excluding hydrogens is 778 g/mol. The van der Waals surface area contributed by atoms with Crippen LogP contribution in [0.2, 0.25) is 0 Å². The van der Waals surface area contributed by atoms with E-state index in [2.05, 4.69) is 26.4 Å². The number of aromatic hydroxyl groups is 1. The van der Waals surface area contributed by atoms with Crippen molar-refractivity contribution >= 4 is 47.3 Å². The Morgan fingerprint density at radius 3 is 2.53 bits per heavy atom. The van der Waals surface area contributed by atoms with Crippen LogP contribution >= 0.6 is 0 Å². The van der Waals surface area contributed by atoms with Gasteiger partial charge in [0.2, 0.25) is 17.7 Å². The van der Waals surface area contributed by atoms with E-state index in [9.17, 15) is 43.5 Å². The number of amides is 8. The Labute approximate surface area is 342 Å². The summed E-state index contributed by atoms with van der Waals surface area (Å²) in [6, 6.07) is 16.8.